The molecule has 5 aromatic carbocycles. The average molecular weight is 734 g/mol. The molecule has 12 heteroatoms. The zero-order chi connectivity index (χ0) is 36.1. The van der Waals surface area contributed by atoms with E-state index in [0.29, 0.717) is 39.9 Å². The molecule has 262 valence electrons. The van der Waals surface area contributed by atoms with Crippen molar-refractivity contribution in [2.45, 2.75) is 37.1 Å². The van der Waals surface area contributed by atoms with Crippen LogP contribution in [0.3, 0.4) is 0 Å². The van der Waals surface area contributed by atoms with Crippen LogP contribution in [0.25, 0.3) is 21.6 Å². The number of aliphatic hydroxyl groups excluding tert-OH is 1. The molecular weight excluding hydrogens is 699 g/mol. The molecule has 0 radical (unpaired) electrons. The zero-order valence-corrected chi connectivity index (χ0v) is 29.4. The summed E-state index contributed by atoms with van der Waals surface area (Å²) in [5.74, 6) is 0.394. The molecule has 7 rings (SSSR count). The Morgan fingerprint density at radius 3 is 2.25 bits per heavy atom. The van der Waals surface area contributed by atoms with E-state index in [9.17, 15) is 0 Å². The van der Waals surface area contributed by atoms with Gasteiger partial charge in [0.15, 0.2) is 11.6 Å². The van der Waals surface area contributed by atoms with Crippen LogP contribution in [-0.2, 0) is 22.5 Å². The van der Waals surface area contributed by atoms with Crippen LogP contribution in [0, 0.1) is 0 Å². The van der Waals surface area contributed by atoms with Gasteiger partial charge in [-0.3, -0.25) is 10.2 Å². The van der Waals surface area contributed by atoms with Crippen LogP contribution in [0.2, 0.25) is 10.0 Å². The lowest BCUT2D eigenvalue weighted by Crippen LogP contribution is -2.54. The van der Waals surface area contributed by atoms with Crippen LogP contribution in [-0.4, -0.2) is 35.7 Å². The first-order valence-electron chi connectivity index (χ1n) is 16.8. The van der Waals surface area contributed by atoms with Crippen LogP contribution >= 0.6 is 23.2 Å². The number of hydrogen-bond donors (Lipinski definition) is 3. The van der Waals surface area contributed by atoms with Gasteiger partial charge >= 0.3 is 0 Å². The molecule has 0 fully saturated rings. The molecule has 1 aliphatic carbocycles. The van der Waals surface area contributed by atoms with Gasteiger partial charge in [0.05, 0.1) is 19.2 Å². The number of benzene rings is 5. The average Bonchev–Trinajstić information content (AvgIpc) is 3.70. The Hall–Kier alpha value is -5.35. The zero-order valence-electron chi connectivity index (χ0n) is 27.9. The van der Waals surface area contributed by atoms with E-state index in [2.05, 4.69) is 33.0 Å². The van der Waals surface area contributed by atoms with Crippen LogP contribution in [0.4, 0.5) is 0 Å². The molecule has 0 saturated heterocycles. The van der Waals surface area contributed by atoms with Gasteiger partial charge in [0.25, 0.3) is 5.91 Å². The topological polar surface area (TPSA) is 141 Å². The highest BCUT2D eigenvalue weighted by atomic mass is 35.5. The van der Waals surface area contributed by atoms with Crippen molar-refractivity contribution < 1.29 is 19.4 Å². The molecule has 5 aromatic rings. The Labute approximate surface area is 310 Å². The summed E-state index contributed by atoms with van der Waals surface area (Å²) in [6.07, 6.45) is -0.415. The number of nitrogens with zero attached hydrogens (tertiary/aromatic N) is 4. The van der Waals surface area contributed by atoms with E-state index in [0.717, 1.165) is 33.4 Å². The Kier molecular flexibility index (Phi) is 10.4. The van der Waals surface area contributed by atoms with Gasteiger partial charge in [0.2, 0.25) is 5.90 Å². The van der Waals surface area contributed by atoms with Crippen molar-refractivity contribution in [3.8, 4) is 16.9 Å². The third kappa shape index (κ3) is 6.95. The largest absolute Gasteiger partial charge is 0.494 e. The molecule has 10 nitrogen and oxygen atoms in total. The van der Waals surface area contributed by atoms with Crippen LogP contribution in [0.5, 0.6) is 5.75 Å². The number of aliphatic hydroxyl groups is 1. The number of fused-ring (bicyclic) bond motifs is 3. The van der Waals surface area contributed by atoms with Crippen LogP contribution < -0.4 is 15.6 Å². The van der Waals surface area contributed by atoms with E-state index in [1.165, 1.54) is 0 Å². The molecule has 52 heavy (non-hydrogen) atoms. The molecule has 0 aromatic heterocycles. The Bertz CT molecular complexity index is 2140. The van der Waals surface area contributed by atoms with Crippen molar-refractivity contribution >= 4 is 35.0 Å². The Morgan fingerprint density at radius 1 is 0.904 bits per heavy atom. The summed E-state index contributed by atoms with van der Waals surface area (Å²) in [6.45, 7) is 0.480. The molecule has 1 aliphatic heterocycles. The van der Waals surface area contributed by atoms with Crippen LogP contribution in [0.15, 0.2) is 125 Å². The molecule has 1 amide bonds. The first-order chi connectivity index (χ1) is 25.4. The first-order valence-corrected chi connectivity index (χ1v) is 17.5. The lowest BCUT2D eigenvalue weighted by molar-refractivity contribution is -0.130. The third-order valence-electron chi connectivity index (χ3n) is 9.32. The predicted octanol–water partition coefficient (Wildman–Crippen LogP) is 8.46. The number of ether oxygens (including phenoxy) is 2. The van der Waals surface area contributed by atoms with E-state index in [1.807, 2.05) is 72.8 Å². The van der Waals surface area contributed by atoms with E-state index >= 15 is 4.79 Å². The fourth-order valence-electron chi connectivity index (χ4n) is 6.81. The molecule has 0 unspecified atom stereocenters. The van der Waals surface area contributed by atoms with Crippen molar-refractivity contribution in [3.63, 3.8) is 0 Å². The molecule has 3 N–H and O–H groups in total. The minimum absolute atomic E-state index is 0.0299. The maximum atomic E-state index is 15.1. The lowest BCUT2D eigenvalue weighted by Gasteiger charge is -2.32. The normalized spacial score (nSPS) is 17.4. The second-order valence-electron chi connectivity index (χ2n) is 12.5. The number of carbonyl (C=O) groups is 1. The maximum absolute atomic E-state index is 15.1. The minimum Gasteiger partial charge on any atom is -0.494 e. The van der Waals surface area contributed by atoms with Gasteiger partial charge in [0, 0.05) is 45.5 Å². The van der Waals surface area contributed by atoms with Gasteiger partial charge in [0.1, 0.15) is 5.75 Å². The van der Waals surface area contributed by atoms with E-state index in [-0.39, 0.29) is 31.5 Å². The standard InChI is InChI=1S/C40H34Cl2N6O4/c41-28-16-19-34(35(42)22-28)37-40(23-26-8-1-2-9-27(26)24-44-48-43,45-38(52-37)25-14-17-29(18-15-25)51-21-7-20-49)39(50)47-46-36-32-12-5-3-10-30(32)31-11-4-6-13-33(31)36/h1-6,8-19,22,36-37,46,49H,7,20-21,23-24H2,(H,47,50)/t37-,40-/m0/s1. The number of azide groups is 1. The van der Waals surface area contributed by atoms with Gasteiger partial charge in [-0.05, 0) is 75.3 Å². The predicted molar refractivity (Wildman–Crippen MR) is 201 cm³/mol. The van der Waals surface area contributed by atoms with Gasteiger partial charge in [-0.15, -0.1) is 0 Å². The molecule has 1 heterocycles. The Morgan fingerprint density at radius 2 is 1.58 bits per heavy atom. The highest BCUT2D eigenvalue weighted by Gasteiger charge is 2.54. The number of amides is 1. The van der Waals surface area contributed by atoms with E-state index in [1.54, 1.807) is 30.3 Å². The molecule has 0 saturated carbocycles. The van der Waals surface area contributed by atoms with Crippen LogP contribution in [0.1, 0.15) is 51.9 Å². The third-order valence-corrected chi connectivity index (χ3v) is 9.88. The molecule has 2 atom stereocenters. The number of halogens is 2. The van der Waals surface area contributed by atoms with Crippen molar-refractivity contribution in [3.05, 3.63) is 169 Å². The second-order valence-corrected chi connectivity index (χ2v) is 13.3. The maximum Gasteiger partial charge on any atom is 0.266 e. The summed E-state index contributed by atoms with van der Waals surface area (Å²) in [6, 6.07) is 35.6. The van der Waals surface area contributed by atoms with Gasteiger partial charge < -0.3 is 14.6 Å². The molecule has 0 bridgehead atoms. The number of hydrazine groups is 1. The number of aliphatic imine (C=N–C) groups is 1. The number of nitrogens with one attached hydrogen (secondary N) is 2. The van der Waals surface area contributed by atoms with Crippen molar-refractivity contribution in [2.75, 3.05) is 13.2 Å². The van der Waals surface area contributed by atoms with Crippen molar-refractivity contribution in [1.82, 2.24) is 10.9 Å². The quantitative estimate of drug-likeness (QED) is 0.0366. The van der Waals surface area contributed by atoms with E-state index in [4.69, 9.17) is 48.3 Å². The highest BCUT2D eigenvalue weighted by molar-refractivity contribution is 6.35. The molecule has 2 aliphatic rings. The summed E-state index contributed by atoms with van der Waals surface area (Å²) < 4.78 is 12.4. The monoisotopic (exact) mass is 732 g/mol. The van der Waals surface area contributed by atoms with Crippen molar-refractivity contribution in [2.24, 2.45) is 10.1 Å². The smallest absolute Gasteiger partial charge is 0.266 e. The SMILES string of the molecule is [N-]=[N+]=NCc1ccccc1C[C@]1(C(=O)NNC2c3ccccc3-c3ccccc32)N=C(c2ccc(OCCCO)cc2)O[C@H]1c1ccc(Cl)cc1Cl. The van der Waals surface area contributed by atoms with Gasteiger partial charge in [-0.1, -0.05) is 107 Å². The lowest BCUT2D eigenvalue weighted by atomic mass is 9.81. The highest BCUT2D eigenvalue weighted by Crippen LogP contribution is 2.46. The fourth-order valence-corrected chi connectivity index (χ4v) is 7.32. The first kappa shape index (κ1) is 35.1. The van der Waals surface area contributed by atoms with Gasteiger partial charge in [-0.25, -0.2) is 10.4 Å². The summed E-state index contributed by atoms with van der Waals surface area (Å²) in [5.41, 5.74) is 20.8. The molecule has 0 spiro atoms. The summed E-state index contributed by atoms with van der Waals surface area (Å²) in [5, 5.41) is 13.7. The summed E-state index contributed by atoms with van der Waals surface area (Å²) in [7, 11) is 0. The number of carbonyl (C=O) groups excluding carboxylic acids is 1. The number of rotatable bonds is 13. The summed E-state index contributed by atoms with van der Waals surface area (Å²) >= 11 is 13.2. The van der Waals surface area contributed by atoms with Gasteiger partial charge in [-0.2, -0.15) is 0 Å². The summed E-state index contributed by atoms with van der Waals surface area (Å²) in [4.78, 5) is 23.2. The van der Waals surface area contributed by atoms with E-state index < -0.39 is 17.6 Å². The Balaban J connectivity index is 1.32. The minimum atomic E-state index is -1.61. The number of hydrogen-bond acceptors (Lipinski definition) is 7. The second kappa shape index (κ2) is 15.5. The fraction of sp³-hybridized carbons (Fsp3) is 0.200. The van der Waals surface area contributed by atoms with Crippen molar-refractivity contribution in [1.29, 1.82) is 0 Å². The molecular formula is C40H34Cl2N6O4.